The molecule has 0 saturated heterocycles. The molecule has 0 amide bonds. The average Bonchev–Trinajstić information content (AvgIpc) is 3.15. The maximum Gasteiger partial charge on any atom is 0.426 e. The summed E-state index contributed by atoms with van der Waals surface area (Å²) in [4.78, 5) is 22.0. The number of rotatable bonds is 24. The Hall–Kier alpha value is -5.08. The van der Waals surface area contributed by atoms with E-state index < -0.39 is 65.2 Å². The molecule has 15 heteroatoms. The number of esters is 2. The van der Waals surface area contributed by atoms with Crippen molar-refractivity contribution in [2.75, 3.05) is 26.4 Å². The molecule has 0 heterocycles. The molecule has 0 aromatic heterocycles. The van der Waals surface area contributed by atoms with Gasteiger partial charge in [-0.3, -0.25) is 0 Å². The molecule has 0 radical (unpaired) electrons. The number of hydrogen-bond acceptors (Lipinski definition) is 7. The molecule has 0 N–H and O–H groups in total. The second-order valence-electron chi connectivity index (χ2n) is 12.5. The molecule has 0 bridgehead atoms. The fourth-order valence-corrected chi connectivity index (χ4v) is 5.43. The van der Waals surface area contributed by atoms with Crippen LogP contribution in [0, 0.1) is 0 Å². The van der Waals surface area contributed by atoms with Crippen molar-refractivity contribution in [1.82, 2.24) is 0 Å². The van der Waals surface area contributed by atoms with Crippen LogP contribution in [-0.2, 0) is 37.5 Å². The summed E-state index contributed by atoms with van der Waals surface area (Å²) in [6.07, 6.45) is -6.77. The first-order valence-corrected chi connectivity index (χ1v) is 18.0. The van der Waals surface area contributed by atoms with E-state index in [0.29, 0.717) is 61.5 Å². The van der Waals surface area contributed by atoms with Gasteiger partial charge in [0.15, 0.2) is 0 Å². The highest BCUT2D eigenvalue weighted by Crippen LogP contribution is 2.50. The molecule has 0 fully saturated rings. The quantitative estimate of drug-likeness (QED) is 0.0386. The lowest BCUT2D eigenvalue weighted by Crippen LogP contribution is -2.26. The van der Waals surface area contributed by atoms with Crippen molar-refractivity contribution >= 4 is 11.9 Å². The van der Waals surface area contributed by atoms with Gasteiger partial charge >= 0.3 is 30.4 Å². The number of unbranched alkanes of at least 4 members (excludes halogenated alkanes) is 8. The first-order chi connectivity index (χ1) is 26.6. The minimum absolute atomic E-state index is 0.0869. The van der Waals surface area contributed by atoms with E-state index in [1.165, 1.54) is 12.1 Å². The molecule has 56 heavy (non-hydrogen) atoms. The lowest BCUT2D eigenvalue weighted by Gasteiger charge is -2.25. The molecular formula is C41H44F8O7. The maximum absolute atomic E-state index is 15.3. The van der Waals surface area contributed by atoms with E-state index in [0.717, 1.165) is 62.8 Å². The highest BCUT2D eigenvalue weighted by atomic mass is 19.4. The predicted octanol–water partition coefficient (Wildman–Crippen LogP) is 11.6. The first kappa shape index (κ1) is 45.3. The number of hydrogen-bond donors (Lipinski definition) is 0. The van der Waals surface area contributed by atoms with Crippen LogP contribution in [0.2, 0.25) is 0 Å². The molecule has 0 unspecified atom stereocenters. The Morgan fingerprint density at radius 1 is 0.500 bits per heavy atom. The van der Waals surface area contributed by atoms with Crippen LogP contribution in [0.3, 0.4) is 0 Å². The van der Waals surface area contributed by atoms with Gasteiger partial charge in [-0.2, -0.15) is 35.1 Å². The monoisotopic (exact) mass is 800 g/mol. The van der Waals surface area contributed by atoms with Gasteiger partial charge in [-0.25, -0.2) is 9.59 Å². The van der Waals surface area contributed by atoms with Crippen molar-refractivity contribution < 1.29 is 68.4 Å². The Morgan fingerprint density at radius 2 is 0.893 bits per heavy atom. The summed E-state index contributed by atoms with van der Waals surface area (Å²) in [5.41, 5.74) is -4.52. The molecule has 0 aliphatic heterocycles. The van der Waals surface area contributed by atoms with E-state index in [1.54, 1.807) is 24.3 Å². The molecule has 3 rings (SSSR count). The zero-order chi connectivity index (χ0) is 41.2. The SMILES string of the molecule is C=CC(=O)OCCCCCCCCOc1ccc(-c2ccc(C(F)(F)Oc3ccc(OCCCCCCOC(=O)C=C)c(C(F)(F)F)c3C(F)(F)F)cc2)cc1. The Labute approximate surface area is 320 Å². The molecule has 7 nitrogen and oxygen atoms in total. The Morgan fingerprint density at radius 3 is 1.36 bits per heavy atom. The zero-order valence-electron chi connectivity index (χ0n) is 30.6. The fraction of sp³-hybridized carbons (Fsp3) is 0.415. The van der Waals surface area contributed by atoms with Crippen molar-refractivity contribution in [2.24, 2.45) is 0 Å². The highest BCUT2D eigenvalue weighted by Gasteiger charge is 2.50. The number of halogens is 8. The van der Waals surface area contributed by atoms with Crippen molar-refractivity contribution in [2.45, 2.75) is 82.7 Å². The molecule has 0 spiro atoms. The fourth-order valence-electron chi connectivity index (χ4n) is 5.43. The number of benzene rings is 3. The van der Waals surface area contributed by atoms with E-state index in [4.69, 9.17) is 18.9 Å². The second kappa shape index (κ2) is 21.9. The topological polar surface area (TPSA) is 80.3 Å². The standard InChI is InChI=1S/C41H44F8O7/c1-3-35(50)54-27-13-8-6-5-7-11-25-52-32-21-17-30(18-22-32)29-15-19-31(20-16-29)41(48,49)56-34-24-23-33(37(39(42,43)44)38(34)40(45,46)47)53-26-12-9-10-14-28-55-36(51)4-2/h3-4,15-24H,1-2,5-14,25-28H2. The molecule has 3 aromatic carbocycles. The van der Waals surface area contributed by atoms with E-state index >= 15 is 8.78 Å². The van der Waals surface area contributed by atoms with Gasteiger partial charge in [0.05, 0.1) is 32.0 Å². The molecule has 306 valence electrons. The first-order valence-electron chi connectivity index (χ1n) is 18.0. The van der Waals surface area contributed by atoms with Crippen LogP contribution in [0.4, 0.5) is 35.1 Å². The van der Waals surface area contributed by atoms with Crippen LogP contribution in [0.15, 0.2) is 86.0 Å². The maximum atomic E-state index is 15.3. The number of ether oxygens (including phenoxy) is 5. The second-order valence-corrected chi connectivity index (χ2v) is 12.5. The molecule has 0 atom stereocenters. The van der Waals surface area contributed by atoms with Crippen molar-refractivity contribution in [1.29, 1.82) is 0 Å². The van der Waals surface area contributed by atoms with Crippen molar-refractivity contribution in [3.8, 4) is 28.4 Å². The number of alkyl halides is 8. The van der Waals surface area contributed by atoms with Gasteiger partial charge in [-0.1, -0.05) is 63.1 Å². The van der Waals surface area contributed by atoms with Crippen LogP contribution in [0.25, 0.3) is 11.1 Å². The van der Waals surface area contributed by atoms with E-state index in [-0.39, 0.29) is 13.0 Å². The van der Waals surface area contributed by atoms with Crippen LogP contribution in [-0.4, -0.2) is 38.4 Å². The summed E-state index contributed by atoms with van der Waals surface area (Å²) in [7, 11) is 0. The van der Waals surface area contributed by atoms with E-state index in [2.05, 4.69) is 17.9 Å². The molecule has 0 aliphatic carbocycles. The summed E-state index contributed by atoms with van der Waals surface area (Å²) in [5, 5.41) is 0. The Balaban J connectivity index is 1.59. The lowest BCUT2D eigenvalue weighted by atomic mass is 10.0. The normalized spacial score (nSPS) is 11.8. The highest BCUT2D eigenvalue weighted by molar-refractivity contribution is 5.81. The third-order valence-corrected chi connectivity index (χ3v) is 8.27. The third kappa shape index (κ3) is 14.9. The average molecular weight is 801 g/mol. The summed E-state index contributed by atoms with van der Waals surface area (Å²) in [5.74, 6) is -3.37. The van der Waals surface area contributed by atoms with Gasteiger partial charge in [0, 0.05) is 12.2 Å². The van der Waals surface area contributed by atoms with E-state index in [9.17, 15) is 35.9 Å². The predicted molar refractivity (Wildman–Crippen MR) is 192 cm³/mol. The van der Waals surface area contributed by atoms with E-state index in [1.807, 2.05) is 0 Å². The number of carbonyl (C=O) groups excluding carboxylic acids is 2. The van der Waals surface area contributed by atoms with Gasteiger partial charge in [0.2, 0.25) is 0 Å². The van der Waals surface area contributed by atoms with Crippen molar-refractivity contribution in [3.05, 3.63) is 103 Å². The number of carbonyl (C=O) groups is 2. The molecule has 3 aromatic rings. The van der Waals surface area contributed by atoms with Crippen LogP contribution < -0.4 is 14.2 Å². The van der Waals surface area contributed by atoms with Gasteiger partial charge in [-0.15, -0.1) is 0 Å². The molecular weight excluding hydrogens is 756 g/mol. The van der Waals surface area contributed by atoms with Crippen LogP contribution in [0.1, 0.15) is 80.9 Å². The van der Waals surface area contributed by atoms with Gasteiger partial charge in [0.25, 0.3) is 0 Å². The van der Waals surface area contributed by atoms with Gasteiger partial charge < -0.3 is 23.7 Å². The van der Waals surface area contributed by atoms with Crippen LogP contribution >= 0.6 is 0 Å². The Kier molecular flexibility index (Phi) is 17.7. The summed E-state index contributed by atoms with van der Waals surface area (Å²) < 4.78 is 140. The molecule has 0 saturated carbocycles. The van der Waals surface area contributed by atoms with Crippen molar-refractivity contribution in [3.63, 3.8) is 0 Å². The molecule has 0 aliphatic rings. The largest absolute Gasteiger partial charge is 0.494 e. The Bertz CT molecular complexity index is 1700. The van der Waals surface area contributed by atoms with Gasteiger partial charge in [-0.05, 0) is 86.1 Å². The zero-order valence-corrected chi connectivity index (χ0v) is 30.6. The van der Waals surface area contributed by atoms with Crippen LogP contribution in [0.5, 0.6) is 17.2 Å². The third-order valence-electron chi connectivity index (χ3n) is 8.27. The summed E-state index contributed by atoms with van der Waals surface area (Å²) >= 11 is 0. The minimum atomic E-state index is -5.75. The lowest BCUT2D eigenvalue weighted by molar-refractivity contribution is -0.195. The minimum Gasteiger partial charge on any atom is -0.494 e. The van der Waals surface area contributed by atoms with Gasteiger partial charge in [0.1, 0.15) is 28.4 Å². The summed E-state index contributed by atoms with van der Waals surface area (Å²) in [6.45, 7) is 7.13. The summed E-state index contributed by atoms with van der Waals surface area (Å²) in [6, 6.07) is 12.1. The smallest absolute Gasteiger partial charge is 0.426 e.